The fourth-order valence-electron chi connectivity index (χ4n) is 2.85. The molecule has 1 unspecified atom stereocenters. The largest absolute Gasteiger partial charge is 0.354 e. The van der Waals surface area contributed by atoms with Gasteiger partial charge in [-0.05, 0) is 43.4 Å². The maximum atomic E-state index is 12.3. The molecule has 2 rings (SSSR count). The van der Waals surface area contributed by atoms with Crippen LogP contribution in [0.5, 0.6) is 0 Å². The van der Waals surface area contributed by atoms with E-state index in [9.17, 15) is 13.2 Å². The van der Waals surface area contributed by atoms with Crippen LogP contribution in [-0.4, -0.2) is 43.5 Å². The highest BCUT2D eigenvalue weighted by molar-refractivity contribution is 7.89. The number of halogens is 1. The number of hydrogen-bond donors (Lipinski definition) is 1. The van der Waals surface area contributed by atoms with Gasteiger partial charge in [0.1, 0.15) is 6.04 Å². The SMILES string of the molecule is CCCS(=O)(=O)N1CCCC1C(=O)NCCc1cccc(Cl)c1. The molecule has 1 atom stereocenters. The van der Waals surface area contributed by atoms with Gasteiger partial charge >= 0.3 is 0 Å². The highest BCUT2D eigenvalue weighted by atomic mass is 35.5. The van der Waals surface area contributed by atoms with Crippen LogP contribution in [0, 0.1) is 0 Å². The summed E-state index contributed by atoms with van der Waals surface area (Å²) in [6, 6.07) is 6.92. The second-order valence-corrected chi connectivity index (χ2v) is 8.23. The molecular weight excluding hydrogens is 336 g/mol. The van der Waals surface area contributed by atoms with Crippen LogP contribution < -0.4 is 5.32 Å². The van der Waals surface area contributed by atoms with Crippen molar-refractivity contribution >= 4 is 27.5 Å². The van der Waals surface area contributed by atoms with Crippen LogP contribution in [0.4, 0.5) is 0 Å². The molecule has 1 fully saturated rings. The van der Waals surface area contributed by atoms with Gasteiger partial charge in [-0.3, -0.25) is 4.79 Å². The molecular formula is C16H23ClN2O3S. The minimum Gasteiger partial charge on any atom is -0.354 e. The molecule has 7 heteroatoms. The minimum atomic E-state index is -3.33. The molecule has 1 heterocycles. The zero-order chi connectivity index (χ0) is 16.9. The third-order valence-electron chi connectivity index (χ3n) is 3.93. The second-order valence-electron chi connectivity index (χ2n) is 5.76. The van der Waals surface area contributed by atoms with Crippen molar-refractivity contribution in [3.05, 3.63) is 34.9 Å². The average molecular weight is 359 g/mol. The smallest absolute Gasteiger partial charge is 0.238 e. The average Bonchev–Trinajstić information content (AvgIpc) is 2.97. The number of amides is 1. The van der Waals surface area contributed by atoms with E-state index in [4.69, 9.17) is 11.6 Å². The van der Waals surface area contributed by atoms with E-state index in [1.54, 1.807) is 6.07 Å². The van der Waals surface area contributed by atoms with Crippen LogP contribution in [0.1, 0.15) is 31.7 Å². The molecule has 0 bridgehead atoms. The Morgan fingerprint density at radius 3 is 2.91 bits per heavy atom. The highest BCUT2D eigenvalue weighted by Crippen LogP contribution is 2.22. The maximum absolute atomic E-state index is 12.3. The lowest BCUT2D eigenvalue weighted by atomic mass is 10.1. The maximum Gasteiger partial charge on any atom is 0.238 e. The molecule has 1 aliphatic rings. The van der Waals surface area contributed by atoms with E-state index in [1.165, 1.54) is 4.31 Å². The molecule has 5 nitrogen and oxygen atoms in total. The van der Waals surface area contributed by atoms with Crippen molar-refractivity contribution in [2.75, 3.05) is 18.8 Å². The van der Waals surface area contributed by atoms with E-state index < -0.39 is 16.1 Å². The van der Waals surface area contributed by atoms with Crippen molar-refractivity contribution < 1.29 is 13.2 Å². The third-order valence-corrected chi connectivity index (χ3v) is 6.24. The zero-order valence-electron chi connectivity index (χ0n) is 13.3. The van der Waals surface area contributed by atoms with Gasteiger partial charge in [0, 0.05) is 18.1 Å². The number of carbonyl (C=O) groups excluding carboxylic acids is 1. The van der Waals surface area contributed by atoms with E-state index in [2.05, 4.69) is 5.32 Å². The molecule has 1 N–H and O–H groups in total. The van der Waals surface area contributed by atoms with Gasteiger partial charge in [-0.1, -0.05) is 30.7 Å². The molecule has 1 aliphatic heterocycles. The fourth-order valence-corrected chi connectivity index (χ4v) is 4.81. The standard InChI is InChI=1S/C16H23ClN2O3S/c1-2-11-23(21,22)19-10-4-7-15(19)16(20)18-9-8-13-5-3-6-14(17)12-13/h3,5-6,12,15H,2,4,7-11H2,1H3,(H,18,20). The summed E-state index contributed by atoms with van der Waals surface area (Å²) < 4.78 is 25.8. The number of nitrogens with zero attached hydrogens (tertiary/aromatic N) is 1. The predicted octanol–water partition coefficient (Wildman–Crippen LogP) is 2.20. The Balaban J connectivity index is 1.89. The first-order valence-electron chi connectivity index (χ1n) is 7.95. The molecule has 0 radical (unpaired) electrons. The van der Waals surface area contributed by atoms with Crippen molar-refractivity contribution in [2.24, 2.45) is 0 Å². The van der Waals surface area contributed by atoms with Crippen molar-refractivity contribution in [3.63, 3.8) is 0 Å². The Kier molecular flexibility index (Phi) is 6.44. The lowest BCUT2D eigenvalue weighted by Crippen LogP contribution is -2.46. The van der Waals surface area contributed by atoms with Gasteiger partial charge in [0.05, 0.1) is 5.75 Å². The van der Waals surface area contributed by atoms with Gasteiger partial charge in [-0.2, -0.15) is 4.31 Å². The first kappa shape index (κ1) is 18.2. The van der Waals surface area contributed by atoms with Crippen LogP contribution in [0.15, 0.2) is 24.3 Å². The predicted molar refractivity (Wildman–Crippen MR) is 92.0 cm³/mol. The molecule has 0 aliphatic carbocycles. The number of carbonyl (C=O) groups is 1. The first-order chi connectivity index (χ1) is 10.9. The monoisotopic (exact) mass is 358 g/mol. The summed E-state index contributed by atoms with van der Waals surface area (Å²) in [5.74, 6) is -0.108. The number of rotatable bonds is 7. The number of nitrogens with one attached hydrogen (secondary N) is 1. The van der Waals surface area contributed by atoms with Crippen LogP contribution >= 0.6 is 11.6 Å². The van der Waals surface area contributed by atoms with Crippen molar-refractivity contribution in [2.45, 2.75) is 38.6 Å². The number of hydrogen-bond acceptors (Lipinski definition) is 3. The van der Waals surface area contributed by atoms with Crippen LogP contribution in [-0.2, 0) is 21.2 Å². The summed E-state index contributed by atoms with van der Waals surface area (Å²) >= 11 is 5.93. The summed E-state index contributed by atoms with van der Waals surface area (Å²) in [6.07, 6.45) is 2.55. The van der Waals surface area contributed by atoms with Gasteiger partial charge in [-0.15, -0.1) is 0 Å². The topological polar surface area (TPSA) is 66.5 Å². The third kappa shape index (κ3) is 4.93. The molecule has 0 saturated carbocycles. The lowest BCUT2D eigenvalue weighted by Gasteiger charge is -2.23. The molecule has 0 aromatic heterocycles. The van der Waals surface area contributed by atoms with Gasteiger partial charge < -0.3 is 5.32 Å². The fraction of sp³-hybridized carbons (Fsp3) is 0.562. The number of benzene rings is 1. The van der Waals surface area contributed by atoms with Gasteiger partial charge in [-0.25, -0.2) is 8.42 Å². The summed E-state index contributed by atoms with van der Waals surface area (Å²) in [5, 5.41) is 3.52. The van der Waals surface area contributed by atoms with E-state index >= 15 is 0 Å². The Bertz CT molecular complexity index is 648. The minimum absolute atomic E-state index is 0.0965. The Morgan fingerprint density at radius 2 is 2.22 bits per heavy atom. The highest BCUT2D eigenvalue weighted by Gasteiger charge is 2.37. The summed E-state index contributed by atoms with van der Waals surface area (Å²) in [6.45, 7) is 2.74. The van der Waals surface area contributed by atoms with Crippen LogP contribution in [0.2, 0.25) is 5.02 Å². The molecule has 1 aromatic carbocycles. The molecule has 0 spiro atoms. The second kappa shape index (κ2) is 8.13. The van der Waals surface area contributed by atoms with Crippen molar-refractivity contribution in [3.8, 4) is 0 Å². The molecule has 1 aromatic rings. The van der Waals surface area contributed by atoms with Gasteiger partial charge in [0.15, 0.2) is 0 Å². The van der Waals surface area contributed by atoms with E-state index in [0.29, 0.717) is 37.4 Å². The van der Waals surface area contributed by atoms with E-state index in [1.807, 2.05) is 25.1 Å². The summed E-state index contributed by atoms with van der Waals surface area (Å²) in [5.41, 5.74) is 1.04. The van der Waals surface area contributed by atoms with E-state index in [-0.39, 0.29) is 11.7 Å². The first-order valence-corrected chi connectivity index (χ1v) is 9.94. The van der Waals surface area contributed by atoms with Crippen molar-refractivity contribution in [1.82, 2.24) is 9.62 Å². The molecule has 1 saturated heterocycles. The van der Waals surface area contributed by atoms with Crippen LogP contribution in [0.3, 0.4) is 0 Å². The van der Waals surface area contributed by atoms with E-state index in [0.717, 1.165) is 12.0 Å². The summed E-state index contributed by atoms with van der Waals surface area (Å²) in [4.78, 5) is 12.3. The van der Waals surface area contributed by atoms with Crippen LogP contribution in [0.25, 0.3) is 0 Å². The molecule has 128 valence electrons. The quantitative estimate of drug-likeness (QED) is 0.812. The zero-order valence-corrected chi connectivity index (χ0v) is 14.9. The summed E-state index contributed by atoms with van der Waals surface area (Å²) in [7, 11) is -3.33. The van der Waals surface area contributed by atoms with Gasteiger partial charge in [0.2, 0.25) is 15.9 Å². The lowest BCUT2D eigenvalue weighted by molar-refractivity contribution is -0.124. The van der Waals surface area contributed by atoms with Crippen molar-refractivity contribution in [1.29, 1.82) is 0 Å². The number of sulfonamides is 1. The molecule has 23 heavy (non-hydrogen) atoms. The molecule has 1 amide bonds. The Labute approximate surface area is 143 Å². The Hall–Kier alpha value is -1.11. The van der Waals surface area contributed by atoms with Gasteiger partial charge in [0.25, 0.3) is 0 Å². The normalized spacial score (nSPS) is 19.0. The Morgan fingerprint density at radius 1 is 1.43 bits per heavy atom.